The average Bonchev–Trinajstić information content (AvgIpc) is 2.83. The van der Waals surface area contributed by atoms with Crippen molar-refractivity contribution in [1.82, 2.24) is 0 Å². The summed E-state index contributed by atoms with van der Waals surface area (Å²) < 4.78 is 0. The number of aldehydes is 1. The molecule has 2 aromatic rings. The van der Waals surface area contributed by atoms with Crippen LogP contribution in [-0.4, -0.2) is 23.0 Å². The Kier molecular flexibility index (Phi) is 10.2. The second kappa shape index (κ2) is 12.6. The van der Waals surface area contributed by atoms with Crippen LogP contribution in [0.25, 0.3) is 5.57 Å². The average molecular weight is 477 g/mol. The van der Waals surface area contributed by atoms with E-state index in [1.807, 2.05) is 58.9 Å². The van der Waals surface area contributed by atoms with Gasteiger partial charge in [-0.2, -0.15) is 0 Å². The molecule has 1 aliphatic rings. The summed E-state index contributed by atoms with van der Waals surface area (Å²) in [6.07, 6.45) is 5.11. The Hall–Kier alpha value is -3.01. The van der Waals surface area contributed by atoms with E-state index in [0.717, 1.165) is 29.4 Å². The van der Waals surface area contributed by atoms with Crippen LogP contribution in [0.3, 0.4) is 0 Å². The number of carbonyl (C=O) groups is 3. The molecule has 0 spiro atoms. The van der Waals surface area contributed by atoms with E-state index in [0.29, 0.717) is 29.9 Å². The van der Waals surface area contributed by atoms with Crippen LogP contribution in [0.2, 0.25) is 0 Å². The maximum atomic E-state index is 13.2. The van der Waals surface area contributed by atoms with Crippen LogP contribution in [0.5, 0.6) is 5.75 Å². The number of fused-ring (bicyclic) bond motifs is 1. The molecule has 0 saturated carbocycles. The number of allylic oxidation sites excluding steroid dienone is 2. The van der Waals surface area contributed by atoms with Crippen LogP contribution in [0.15, 0.2) is 42.5 Å². The van der Waals surface area contributed by atoms with Gasteiger partial charge >= 0.3 is 0 Å². The minimum atomic E-state index is -0.136. The van der Waals surface area contributed by atoms with E-state index in [2.05, 4.69) is 26.0 Å². The van der Waals surface area contributed by atoms with Crippen molar-refractivity contribution in [2.45, 2.75) is 73.6 Å². The fraction of sp³-hybridized carbons (Fsp3) is 0.452. The van der Waals surface area contributed by atoms with E-state index in [1.165, 1.54) is 5.56 Å². The molecule has 0 amide bonds. The fourth-order valence-electron chi connectivity index (χ4n) is 4.23. The zero-order valence-electron chi connectivity index (χ0n) is 22.2. The Morgan fingerprint density at radius 1 is 1.03 bits per heavy atom. The smallest absolute Gasteiger partial charge is 0.197 e. The van der Waals surface area contributed by atoms with Gasteiger partial charge in [-0.15, -0.1) is 0 Å². The Morgan fingerprint density at radius 2 is 1.63 bits per heavy atom. The molecule has 188 valence electrons. The van der Waals surface area contributed by atoms with Crippen molar-refractivity contribution < 1.29 is 19.5 Å². The van der Waals surface area contributed by atoms with Crippen LogP contribution >= 0.6 is 0 Å². The number of hydrogen-bond acceptors (Lipinski definition) is 4. The highest BCUT2D eigenvalue weighted by atomic mass is 16.3. The van der Waals surface area contributed by atoms with E-state index < -0.39 is 0 Å². The topological polar surface area (TPSA) is 71.4 Å². The second-order valence-corrected chi connectivity index (χ2v) is 10.3. The first-order chi connectivity index (χ1) is 16.5. The molecule has 2 unspecified atom stereocenters. The highest BCUT2D eigenvalue weighted by Crippen LogP contribution is 2.35. The number of hydrogen-bond donors (Lipinski definition) is 1. The van der Waals surface area contributed by atoms with Crippen molar-refractivity contribution in [3.8, 4) is 5.75 Å². The Bertz CT molecular complexity index is 1070. The molecule has 0 aromatic heterocycles. The molecule has 1 N–H and O–H groups in total. The van der Waals surface area contributed by atoms with Crippen LogP contribution in [0.1, 0.15) is 93.4 Å². The van der Waals surface area contributed by atoms with E-state index >= 15 is 0 Å². The molecule has 2 aromatic carbocycles. The molecular weight excluding hydrogens is 436 g/mol. The molecule has 0 fully saturated rings. The molecule has 0 saturated heterocycles. The van der Waals surface area contributed by atoms with Crippen molar-refractivity contribution in [2.75, 3.05) is 0 Å². The fourth-order valence-corrected chi connectivity index (χ4v) is 4.23. The van der Waals surface area contributed by atoms with Crippen molar-refractivity contribution in [1.29, 1.82) is 0 Å². The third-order valence-corrected chi connectivity index (χ3v) is 6.53. The summed E-state index contributed by atoms with van der Waals surface area (Å²) in [5.74, 6) is 0.660. The molecule has 3 rings (SSSR count). The molecule has 0 heterocycles. The Labute approximate surface area is 210 Å². The maximum absolute atomic E-state index is 13.2. The molecule has 0 bridgehead atoms. The third-order valence-electron chi connectivity index (χ3n) is 6.53. The number of carbonyl (C=O) groups excluding carboxylic acids is 3. The van der Waals surface area contributed by atoms with Gasteiger partial charge < -0.3 is 9.90 Å². The number of rotatable bonds is 8. The first-order valence-corrected chi connectivity index (χ1v) is 12.7. The highest BCUT2D eigenvalue weighted by Gasteiger charge is 2.26. The summed E-state index contributed by atoms with van der Waals surface area (Å²) in [5, 5.41) is 10.6. The number of benzene rings is 2. The molecule has 0 aliphatic heterocycles. The van der Waals surface area contributed by atoms with Gasteiger partial charge in [0.15, 0.2) is 5.78 Å². The highest BCUT2D eigenvalue weighted by molar-refractivity contribution is 6.31. The minimum absolute atomic E-state index is 0.00926. The monoisotopic (exact) mass is 476 g/mol. The van der Waals surface area contributed by atoms with Crippen LogP contribution in [0, 0.1) is 17.8 Å². The quantitative estimate of drug-likeness (QED) is 0.418. The summed E-state index contributed by atoms with van der Waals surface area (Å²) in [6, 6.07) is 11.8. The summed E-state index contributed by atoms with van der Waals surface area (Å²) in [5.41, 5.74) is 4.92. The van der Waals surface area contributed by atoms with E-state index in [4.69, 9.17) is 0 Å². The van der Waals surface area contributed by atoms with E-state index in [1.54, 1.807) is 6.07 Å². The summed E-state index contributed by atoms with van der Waals surface area (Å²) in [6.45, 7) is 13.8. The first kappa shape index (κ1) is 28.2. The molecule has 0 radical (unpaired) electrons. The van der Waals surface area contributed by atoms with Crippen molar-refractivity contribution >= 4 is 23.4 Å². The predicted octanol–water partition coefficient (Wildman–Crippen LogP) is 6.97. The van der Waals surface area contributed by atoms with Crippen LogP contribution in [0.4, 0.5) is 0 Å². The Balaban J connectivity index is 0.000000784. The SMILES string of the molecule is CC(C)C=O.CCC(C)c1ccc(C2=CCc3cc(CC(C)C(=O)C(C)C)cc(O)c3C2=O)cc1. The molecule has 4 nitrogen and oxygen atoms in total. The molecular formula is C31H40O4. The van der Waals surface area contributed by atoms with Gasteiger partial charge in [-0.1, -0.05) is 84.9 Å². The van der Waals surface area contributed by atoms with Crippen LogP contribution in [-0.2, 0) is 22.4 Å². The minimum Gasteiger partial charge on any atom is -0.507 e. The van der Waals surface area contributed by atoms with Crippen molar-refractivity contribution in [3.63, 3.8) is 0 Å². The van der Waals surface area contributed by atoms with E-state index in [-0.39, 0.29) is 35.1 Å². The second-order valence-electron chi connectivity index (χ2n) is 10.3. The number of Topliss-reactive ketones (excluding diaryl/α,β-unsaturated/α-hetero) is 2. The lowest BCUT2D eigenvalue weighted by Gasteiger charge is -2.20. The molecule has 1 aliphatic carbocycles. The van der Waals surface area contributed by atoms with Gasteiger partial charge in [-0.3, -0.25) is 9.59 Å². The van der Waals surface area contributed by atoms with Crippen LogP contribution < -0.4 is 0 Å². The van der Waals surface area contributed by atoms with Gasteiger partial charge in [-0.05, 0) is 53.5 Å². The lowest BCUT2D eigenvalue weighted by molar-refractivity contribution is -0.125. The van der Waals surface area contributed by atoms with Gasteiger partial charge in [0.25, 0.3) is 0 Å². The maximum Gasteiger partial charge on any atom is 0.197 e. The van der Waals surface area contributed by atoms with Gasteiger partial charge in [-0.25, -0.2) is 0 Å². The van der Waals surface area contributed by atoms with Gasteiger partial charge in [0, 0.05) is 23.3 Å². The van der Waals surface area contributed by atoms with Gasteiger partial charge in [0.1, 0.15) is 17.8 Å². The summed E-state index contributed by atoms with van der Waals surface area (Å²) in [7, 11) is 0. The number of ketones is 2. The lowest BCUT2D eigenvalue weighted by atomic mass is 9.83. The molecule has 4 heteroatoms. The first-order valence-electron chi connectivity index (χ1n) is 12.7. The predicted molar refractivity (Wildman–Crippen MR) is 143 cm³/mol. The lowest BCUT2D eigenvalue weighted by Crippen LogP contribution is -2.19. The molecule has 2 atom stereocenters. The van der Waals surface area contributed by atoms with Gasteiger partial charge in [0.05, 0.1) is 5.56 Å². The van der Waals surface area contributed by atoms with Gasteiger partial charge in [0.2, 0.25) is 0 Å². The molecule has 35 heavy (non-hydrogen) atoms. The number of aromatic hydroxyl groups is 1. The van der Waals surface area contributed by atoms with Crippen molar-refractivity contribution in [2.24, 2.45) is 17.8 Å². The summed E-state index contributed by atoms with van der Waals surface area (Å²) in [4.78, 5) is 34.9. The third kappa shape index (κ3) is 7.24. The largest absolute Gasteiger partial charge is 0.507 e. The number of phenolic OH excluding ortho intramolecular Hbond substituents is 1. The zero-order chi connectivity index (χ0) is 26.3. The standard InChI is InChI=1S/C27H32O3.C4H8O/c1-6-17(4)20-7-9-21(10-8-20)23-12-11-22-14-19(13-18(5)26(29)16(2)3)15-24(28)25(22)27(23)30;1-4(2)3-5/h7-10,12,14-18,28H,6,11,13H2,1-5H3;3-4H,1-2H3. The number of phenols is 1. The van der Waals surface area contributed by atoms with E-state index in [9.17, 15) is 19.5 Å². The van der Waals surface area contributed by atoms with Crippen molar-refractivity contribution in [3.05, 3.63) is 70.3 Å². The normalized spacial score (nSPS) is 14.5. The zero-order valence-corrected chi connectivity index (χ0v) is 22.2. The Morgan fingerprint density at radius 3 is 2.14 bits per heavy atom. The summed E-state index contributed by atoms with van der Waals surface area (Å²) >= 11 is 0.